The Hall–Kier alpha value is -1.77. The van der Waals surface area contributed by atoms with Crippen LogP contribution in [0.4, 0.5) is 10.5 Å². The van der Waals surface area contributed by atoms with Gasteiger partial charge in [-0.3, -0.25) is 0 Å². The van der Waals surface area contributed by atoms with Crippen LogP contribution < -0.4 is 13.5 Å². The fourth-order valence-corrected chi connectivity index (χ4v) is 7.57. The summed E-state index contributed by atoms with van der Waals surface area (Å²) in [5, 5.41) is 0. The third kappa shape index (κ3) is 5.49. The largest absolute Gasteiger partial charge is 0.483 e. The number of nitrogens with zero attached hydrogens (tertiary/aromatic N) is 2. The van der Waals surface area contributed by atoms with E-state index in [-0.39, 0.29) is 11.0 Å². The molecule has 2 aromatic carbocycles. The van der Waals surface area contributed by atoms with Gasteiger partial charge in [-0.1, -0.05) is 44.2 Å². The number of ether oxygens (including phenoxy) is 2. The van der Waals surface area contributed by atoms with Crippen LogP contribution in [0.15, 0.2) is 48.5 Å². The van der Waals surface area contributed by atoms with Gasteiger partial charge < -0.3 is 18.5 Å². The third-order valence-corrected chi connectivity index (χ3v) is 9.79. The van der Waals surface area contributed by atoms with Gasteiger partial charge >= 0.3 is 12.7 Å². The predicted molar refractivity (Wildman–Crippen MR) is 135 cm³/mol. The van der Waals surface area contributed by atoms with Crippen molar-refractivity contribution < 1.29 is 23.3 Å². The number of para-hydroxylation sites is 2. The van der Waals surface area contributed by atoms with Crippen molar-refractivity contribution in [2.45, 2.75) is 39.7 Å². The fraction of sp³-hybridized carbons (Fsp3) is 0.435. The van der Waals surface area contributed by atoms with E-state index in [4.69, 9.17) is 30.3 Å². The first-order chi connectivity index (χ1) is 15.5. The lowest BCUT2D eigenvalue weighted by Gasteiger charge is -2.42. The minimum atomic E-state index is -2.88. The zero-order valence-corrected chi connectivity index (χ0v) is 22.0. The first-order valence-corrected chi connectivity index (χ1v) is 14.0. The average molecular weight is 509 g/mol. The smallest absolute Gasteiger partial charge is 0.426 e. The molecule has 4 rings (SSSR count). The molecule has 0 saturated carbocycles. The van der Waals surface area contributed by atoms with Crippen LogP contribution in [-0.2, 0) is 27.3 Å². The molecule has 1 amide bonds. The molecule has 7 nitrogen and oxygen atoms in total. The normalized spacial score (nSPS) is 19.8. The monoisotopic (exact) mass is 508 g/mol. The topological polar surface area (TPSA) is 60.5 Å². The van der Waals surface area contributed by atoms with Crippen molar-refractivity contribution in [2.75, 3.05) is 24.3 Å². The molecule has 0 bridgehead atoms. The summed E-state index contributed by atoms with van der Waals surface area (Å²) >= 11 is 6.97. The van der Waals surface area contributed by atoms with Crippen molar-refractivity contribution in [1.29, 1.82) is 0 Å². The molecule has 2 aromatic rings. The zero-order chi connectivity index (χ0) is 23.9. The minimum Gasteiger partial charge on any atom is -0.483 e. The van der Waals surface area contributed by atoms with E-state index in [1.165, 1.54) is 4.31 Å². The van der Waals surface area contributed by atoms with Gasteiger partial charge in [0, 0.05) is 24.4 Å². The SMILES string of the molecule is CN(SN(c1ccccc1)P1(=S)OCC(C)(C)CO1)C(=O)Oc1cccc2c1OC(C)(C)C2. The molecular weight excluding hydrogens is 479 g/mol. The lowest BCUT2D eigenvalue weighted by molar-refractivity contribution is 0.0608. The van der Waals surface area contributed by atoms with Crippen LogP contribution in [0, 0.1) is 5.41 Å². The van der Waals surface area contributed by atoms with E-state index in [0.29, 0.717) is 24.7 Å². The standard InChI is InChI=1S/C23H29N2O5PS2/c1-22(2)15-27-31(32,28-16-22)25(18-11-7-6-8-12-18)33-24(5)21(26)29-19-13-9-10-17-14-23(3,4)30-20(17)19/h6-13H,14-16H2,1-5H3. The average Bonchev–Trinajstić information content (AvgIpc) is 3.09. The van der Waals surface area contributed by atoms with Gasteiger partial charge in [-0.05, 0) is 43.9 Å². The van der Waals surface area contributed by atoms with Gasteiger partial charge in [0.25, 0.3) is 0 Å². The van der Waals surface area contributed by atoms with Crippen molar-refractivity contribution in [2.24, 2.45) is 5.41 Å². The highest BCUT2D eigenvalue weighted by molar-refractivity contribution is 8.19. The van der Waals surface area contributed by atoms with Gasteiger partial charge in [-0.25, -0.2) is 13.2 Å². The summed E-state index contributed by atoms with van der Waals surface area (Å²) in [6, 6.07) is 15.1. The fourth-order valence-electron chi connectivity index (χ4n) is 3.46. The highest BCUT2D eigenvalue weighted by Crippen LogP contribution is 2.61. The van der Waals surface area contributed by atoms with Crippen LogP contribution in [0.1, 0.15) is 33.3 Å². The van der Waals surface area contributed by atoms with Crippen molar-refractivity contribution >= 4 is 42.4 Å². The van der Waals surface area contributed by atoms with Gasteiger partial charge in [0.15, 0.2) is 11.5 Å². The molecule has 178 valence electrons. The Kier molecular flexibility index (Phi) is 6.73. The molecule has 0 aromatic heterocycles. The van der Waals surface area contributed by atoms with E-state index in [2.05, 4.69) is 13.8 Å². The van der Waals surface area contributed by atoms with E-state index in [9.17, 15) is 4.79 Å². The van der Waals surface area contributed by atoms with Crippen LogP contribution in [0.5, 0.6) is 11.5 Å². The van der Waals surface area contributed by atoms with Crippen LogP contribution in [0.25, 0.3) is 0 Å². The number of hydrogen-bond acceptors (Lipinski definition) is 7. The predicted octanol–water partition coefficient (Wildman–Crippen LogP) is 6.20. The molecule has 2 aliphatic rings. The molecule has 2 heterocycles. The van der Waals surface area contributed by atoms with Crippen LogP contribution in [-0.4, -0.2) is 36.3 Å². The molecule has 0 aliphatic carbocycles. The van der Waals surface area contributed by atoms with Crippen molar-refractivity contribution in [3.63, 3.8) is 0 Å². The van der Waals surface area contributed by atoms with Gasteiger partial charge in [0.2, 0.25) is 0 Å². The Bertz CT molecular complexity index is 1070. The molecule has 0 atom stereocenters. The lowest BCUT2D eigenvalue weighted by Crippen LogP contribution is -2.35. The molecule has 0 radical (unpaired) electrons. The first kappa shape index (κ1) is 24.4. The Morgan fingerprint density at radius 3 is 2.39 bits per heavy atom. The molecule has 33 heavy (non-hydrogen) atoms. The Morgan fingerprint density at radius 1 is 1.06 bits per heavy atom. The third-order valence-electron chi connectivity index (χ3n) is 5.15. The quantitative estimate of drug-likeness (QED) is 0.350. The summed E-state index contributed by atoms with van der Waals surface area (Å²) in [4.78, 5) is 13.0. The summed E-state index contributed by atoms with van der Waals surface area (Å²) in [6.45, 7) is 6.23. The second-order valence-corrected chi connectivity index (χ2v) is 14.1. The number of hydrogen-bond donors (Lipinski definition) is 0. The Labute approximate surface area is 204 Å². The molecule has 2 aliphatic heterocycles. The summed E-state index contributed by atoms with van der Waals surface area (Å²) < 4.78 is 27.1. The Balaban J connectivity index is 1.52. The van der Waals surface area contributed by atoms with E-state index in [0.717, 1.165) is 29.8 Å². The van der Waals surface area contributed by atoms with Gasteiger partial charge in [-0.15, -0.1) is 0 Å². The number of amides is 1. The lowest BCUT2D eigenvalue weighted by atomic mass is 9.97. The van der Waals surface area contributed by atoms with Crippen LogP contribution in [0.2, 0.25) is 0 Å². The number of fused-ring (bicyclic) bond motifs is 1. The van der Waals surface area contributed by atoms with Crippen LogP contribution in [0.3, 0.4) is 0 Å². The van der Waals surface area contributed by atoms with Gasteiger partial charge in [-0.2, -0.15) is 0 Å². The summed E-state index contributed by atoms with van der Waals surface area (Å²) in [5.74, 6) is 1.01. The maximum absolute atomic E-state index is 13.0. The number of carbonyl (C=O) groups is 1. The molecule has 0 spiro atoms. The summed E-state index contributed by atoms with van der Waals surface area (Å²) in [7, 11) is 1.63. The first-order valence-electron chi connectivity index (χ1n) is 10.7. The Morgan fingerprint density at radius 2 is 1.73 bits per heavy atom. The van der Waals surface area contributed by atoms with Crippen LogP contribution >= 0.6 is 18.8 Å². The zero-order valence-electron chi connectivity index (χ0n) is 19.4. The molecular formula is C23H29N2O5PS2. The number of carbonyl (C=O) groups excluding carboxylic acids is 1. The van der Waals surface area contributed by atoms with Crippen molar-refractivity contribution in [3.8, 4) is 11.5 Å². The highest BCUT2D eigenvalue weighted by atomic mass is 32.5. The number of anilines is 1. The van der Waals surface area contributed by atoms with E-state index < -0.39 is 12.7 Å². The molecule has 10 heteroatoms. The summed E-state index contributed by atoms with van der Waals surface area (Å²) in [5.41, 5.74) is 1.35. The minimum absolute atomic E-state index is 0.123. The van der Waals surface area contributed by atoms with Crippen molar-refractivity contribution in [1.82, 2.24) is 4.31 Å². The second kappa shape index (κ2) is 9.12. The number of benzene rings is 2. The summed E-state index contributed by atoms with van der Waals surface area (Å²) in [6.07, 6.45) is 0.204. The number of rotatable bonds is 5. The van der Waals surface area contributed by atoms with E-state index in [1.54, 1.807) is 17.2 Å². The van der Waals surface area contributed by atoms with Gasteiger partial charge in [0.1, 0.15) is 5.60 Å². The molecule has 1 saturated heterocycles. The maximum Gasteiger partial charge on any atom is 0.426 e. The highest BCUT2D eigenvalue weighted by Gasteiger charge is 2.40. The maximum atomic E-state index is 13.0. The van der Waals surface area contributed by atoms with Gasteiger partial charge in [0.05, 0.1) is 31.0 Å². The molecule has 0 unspecified atom stereocenters. The van der Waals surface area contributed by atoms with E-state index in [1.807, 2.05) is 56.3 Å². The second-order valence-electron chi connectivity index (χ2n) is 9.52. The van der Waals surface area contributed by atoms with E-state index >= 15 is 0 Å². The van der Waals surface area contributed by atoms with Crippen molar-refractivity contribution in [3.05, 3.63) is 54.1 Å². The molecule has 0 N–H and O–H groups in total. The molecule has 1 fully saturated rings.